The summed E-state index contributed by atoms with van der Waals surface area (Å²) in [5, 5.41) is 3.60. The third kappa shape index (κ3) is 5.10. The predicted octanol–water partition coefficient (Wildman–Crippen LogP) is 1.98. The molecule has 1 aliphatic rings. The van der Waals surface area contributed by atoms with Gasteiger partial charge in [-0.25, -0.2) is 0 Å². The van der Waals surface area contributed by atoms with Gasteiger partial charge < -0.3 is 14.8 Å². The Morgan fingerprint density at radius 3 is 2.88 bits per heavy atom. The van der Waals surface area contributed by atoms with Gasteiger partial charge in [0.05, 0.1) is 13.2 Å². The van der Waals surface area contributed by atoms with Crippen molar-refractivity contribution in [3.05, 3.63) is 11.6 Å². The van der Waals surface area contributed by atoms with Crippen molar-refractivity contribution in [3.63, 3.8) is 0 Å². The molecule has 0 saturated heterocycles. The molecule has 0 aliphatic carbocycles. The summed E-state index contributed by atoms with van der Waals surface area (Å²) >= 11 is 0. The van der Waals surface area contributed by atoms with Crippen molar-refractivity contribution >= 4 is 0 Å². The third-order valence-corrected chi connectivity index (χ3v) is 3.01. The van der Waals surface area contributed by atoms with Gasteiger partial charge in [0.2, 0.25) is 0 Å². The summed E-state index contributed by atoms with van der Waals surface area (Å²) in [6, 6.07) is 0.530. The van der Waals surface area contributed by atoms with Crippen LogP contribution in [0, 0.1) is 5.92 Å². The average Bonchev–Trinajstić information content (AvgIpc) is 2.30. The van der Waals surface area contributed by atoms with E-state index in [0.29, 0.717) is 12.0 Å². The third-order valence-electron chi connectivity index (χ3n) is 3.01. The second-order valence-electron chi connectivity index (χ2n) is 4.72. The molecule has 0 bridgehead atoms. The molecule has 0 radical (unpaired) electrons. The van der Waals surface area contributed by atoms with Crippen molar-refractivity contribution in [1.29, 1.82) is 0 Å². The van der Waals surface area contributed by atoms with E-state index >= 15 is 0 Å². The highest BCUT2D eigenvalue weighted by molar-refractivity contribution is 5.07. The highest BCUT2D eigenvalue weighted by Crippen LogP contribution is 2.09. The van der Waals surface area contributed by atoms with Crippen LogP contribution in [0.4, 0.5) is 0 Å². The first kappa shape index (κ1) is 13.7. The van der Waals surface area contributed by atoms with Gasteiger partial charge in [-0.3, -0.25) is 0 Å². The zero-order chi connectivity index (χ0) is 11.8. The minimum atomic E-state index is 0.530. The predicted molar refractivity (Wildman–Crippen MR) is 66.6 cm³/mol. The van der Waals surface area contributed by atoms with Crippen LogP contribution in [0.5, 0.6) is 0 Å². The van der Waals surface area contributed by atoms with E-state index in [2.05, 4.69) is 25.2 Å². The molecule has 16 heavy (non-hydrogen) atoms. The summed E-state index contributed by atoms with van der Waals surface area (Å²) in [6.45, 7) is 7.94. The average molecular weight is 227 g/mol. The van der Waals surface area contributed by atoms with E-state index in [0.717, 1.165) is 39.2 Å². The van der Waals surface area contributed by atoms with Gasteiger partial charge in [0.25, 0.3) is 0 Å². The molecular formula is C13H25NO2. The fraction of sp³-hybridized carbons (Fsp3) is 0.846. The lowest BCUT2D eigenvalue weighted by molar-refractivity contribution is 0.146. The monoisotopic (exact) mass is 227 g/mol. The Bertz CT molecular complexity index is 214. The number of nitrogens with one attached hydrogen (secondary N) is 1. The first-order valence-corrected chi connectivity index (χ1v) is 6.22. The first-order valence-electron chi connectivity index (χ1n) is 6.22. The maximum atomic E-state index is 5.42. The molecule has 1 N–H and O–H groups in total. The highest BCUT2D eigenvalue weighted by Gasteiger charge is 2.13. The van der Waals surface area contributed by atoms with Crippen LogP contribution in [0.15, 0.2) is 11.6 Å². The van der Waals surface area contributed by atoms with E-state index in [4.69, 9.17) is 9.47 Å². The molecule has 0 aromatic rings. The summed E-state index contributed by atoms with van der Waals surface area (Å²) in [6.07, 6.45) is 4.42. The zero-order valence-corrected chi connectivity index (χ0v) is 10.8. The molecule has 1 heterocycles. The van der Waals surface area contributed by atoms with Crippen LogP contribution in [0.2, 0.25) is 0 Å². The van der Waals surface area contributed by atoms with Crippen LogP contribution in [0.25, 0.3) is 0 Å². The molecule has 1 aliphatic heterocycles. The molecule has 0 spiro atoms. The minimum absolute atomic E-state index is 0.530. The maximum Gasteiger partial charge on any atom is 0.0689 e. The van der Waals surface area contributed by atoms with Crippen molar-refractivity contribution < 1.29 is 9.47 Å². The minimum Gasteiger partial charge on any atom is -0.385 e. The Kier molecular flexibility index (Phi) is 6.69. The van der Waals surface area contributed by atoms with Gasteiger partial charge in [0.1, 0.15) is 0 Å². The largest absolute Gasteiger partial charge is 0.385 e. The molecule has 1 atom stereocenters. The summed E-state index contributed by atoms with van der Waals surface area (Å²) < 4.78 is 10.6. The lowest BCUT2D eigenvalue weighted by Gasteiger charge is -2.24. The van der Waals surface area contributed by atoms with Gasteiger partial charge in [-0.05, 0) is 24.3 Å². The van der Waals surface area contributed by atoms with Gasteiger partial charge in [-0.1, -0.05) is 19.9 Å². The molecule has 3 heteroatoms. The molecule has 0 amide bonds. The van der Waals surface area contributed by atoms with E-state index < -0.39 is 0 Å². The van der Waals surface area contributed by atoms with Gasteiger partial charge in [-0.15, -0.1) is 0 Å². The van der Waals surface area contributed by atoms with Crippen LogP contribution in [0.3, 0.4) is 0 Å². The fourth-order valence-electron chi connectivity index (χ4n) is 1.91. The zero-order valence-electron chi connectivity index (χ0n) is 10.8. The van der Waals surface area contributed by atoms with Crippen molar-refractivity contribution in [1.82, 2.24) is 5.32 Å². The van der Waals surface area contributed by atoms with E-state index in [1.807, 2.05) is 0 Å². The molecule has 0 fully saturated rings. The molecular weight excluding hydrogens is 202 g/mol. The van der Waals surface area contributed by atoms with Crippen LogP contribution in [0.1, 0.15) is 26.7 Å². The van der Waals surface area contributed by atoms with Gasteiger partial charge in [0, 0.05) is 26.3 Å². The smallest absolute Gasteiger partial charge is 0.0689 e. The number of methoxy groups -OCH3 is 1. The molecule has 0 aromatic carbocycles. The van der Waals surface area contributed by atoms with Gasteiger partial charge in [0.15, 0.2) is 0 Å². The van der Waals surface area contributed by atoms with Crippen LogP contribution >= 0.6 is 0 Å². The van der Waals surface area contributed by atoms with Gasteiger partial charge >= 0.3 is 0 Å². The molecule has 0 saturated carbocycles. The Labute approximate surface area is 99.2 Å². The quantitative estimate of drug-likeness (QED) is 0.675. The molecule has 0 aromatic heterocycles. The Hall–Kier alpha value is -0.380. The molecule has 94 valence electrons. The summed E-state index contributed by atoms with van der Waals surface area (Å²) in [4.78, 5) is 0. The Morgan fingerprint density at radius 2 is 2.31 bits per heavy atom. The molecule has 1 unspecified atom stereocenters. The van der Waals surface area contributed by atoms with Crippen LogP contribution in [-0.4, -0.2) is 39.5 Å². The van der Waals surface area contributed by atoms with Crippen molar-refractivity contribution in [2.24, 2.45) is 5.92 Å². The summed E-state index contributed by atoms with van der Waals surface area (Å²) in [7, 11) is 1.76. The van der Waals surface area contributed by atoms with E-state index in [9.17, 15) is 0 Å². The van der Waals surface area contributed by atoms with E-state index in [1.165, 1.54) is 5.57 Å². The van der Waals surface area contributed by atoms with E-state index in [1.54, 1.807) is 7.11 Å². The SMILES string of the molecule is COCCC(NCC1=CCCOC1)C(C)C. The second kappa shape index (κ2) is 7.82. The topological polar surface area (TPSA) is 30.5 Å². The molecule has 3 nitrogen and oxygen atoms in total. The second-order valence-corrected chi connectivity index (χ2v) is 4.72. The normalized spacial score (nSPS) is 18.6. The fourth-order valence-corrected chi connectivity index (χ4v) is 1.91. The summed E-state index contributed by atoms with van der Waals surface area (Å²) in [5.41, 5.74) is 1.38. The van der Waals surface area contributed by atoms with Crippen molar-refractivity contribution in [2.75, 3.05) is 33.5 Å². The maximum absolute atomic E-state index is 5.42. The van der Waals surface area contributed by atoms with E-state index in [-0.39, 0.29) is 0 Å². The highest BCUT2D eigenvalue weighted by atomic mass is 16.5. The van der Waals surface area contributed by atoms with Crippen LogP contribution in [-0.2, 0) is 9.47 Å². The van der Waals surface area contributed by atoms with Gasteiger partial charge in [-0.2, -0.15) is 0 Å². The number of hydrogen-bond donors (Lipinski definition) is 1. The molecule has 1 rings (SSSR count). The van der Waals surface area contributed by atoms with Crippen LogP contribution < -0.4 is 5.32 Å². The Morgan fingerprint density at radius 1 is 1.50 bits per heavy atom. The summed E-state index contributed by atoms with van der Waals surface area (Å²) in [5.74, 6) is 0.639. The number of ether oxygens (including phenoxy) is 2. The number of rotatable bonds is 7. The first-order chi connectivity index (χ1) is 7.74. The lowest BCUT2D eigenvalue weighted by atomic mass is 10.0. The standard InChI is InChI=1S/C13H25NO2/c1-11(2)13(6-8-15-3)14-9-12-5-4-7-16-10-12/h5,11,13-14H,4,6-10H2,1-3H3. The lowest BCUT2D eigenvalue weighted by Crippen LogP contribution is -2.37. The van der Waals surface area contributed by atoms with Crippen molar-refractivity contribution in [3.8, 4) is 0 Å². The van der Waals surface area contributed by atoms with Crippen molar-refractivity contribution in [2.45, 2.75) is 32.7 Å². The number of hydrogen-bond acceptors (Lipinski definition) is 3. The Balaban J connectivity index is 2.28.